The van der Waals surface area contributed by atoms with Crippen molar-refractivity contribution in [2.24, 2.45) is 0 Å². The third-order valence-electron chi connectivity index (χ3n) is 1.73. The number of carboxylic acid groups (broad SMARTS) is 1. The van der Waals surface area contributed by atoms with Gasteiger partial charge < -0.3 is 9.52 Å². The highest BCUT2D eigenvalue weighted by Gasteiger charge is 2.12. The van der Waals surface area contributed by atoms with E-state index in [4.69, 9.17) is 9.52 Å². The number of oxazole rings is 1. The third kappa shape index (κ3) is 1.24. The molecule has 0 fully saturated rings. The number of benzene rings is 1. The zero-order valence-electron chi connectivity index (χ0n) is 6.93. The topological polar surface area (TPSA) is 80.4 Å². The summed E-state index contributed by atoms with van der Waals surface area (Å²) in [5, 5.41) is 8.59. The molecule has 0 spiro atoms. The molecule has 14 heavy (non-hydrogen) atoms. The van der Waals surface area contributed by atoms with Crippen LogP contribution in [0.3, 0.4) is 0 Å². The maximum Gasteiger partial charge on any atom is 0.392 e. The van der Waals surface area contributed by atoms with Gasteiger partial charge in [-0.3, -0.25) is 4.79 Å². The zero-order chi connectivity index (χ0) is 10.1. The number of hydrogen-bond acceptors (Lipinski definition) is 4. The van der Waals surface area contributed by atoms with Crippen LogP contribution in [0, 0.1) is 0 Å². The molecular weight excluding hydrogens is 186 g/mol. The van der Waals surface area contributed by atoms with Gasteiger partial charge in [0, 0.05) is 5.56 Å². The molecule has 0 radical (unpaired) electrons. The van der Waals surface area contributed by atoms with Crippen molar-refractivity contribution in [3.8, 4) is 0 Å². The van der Waals surface area contributed by atoms with E-state index < -0.39 is 5.97 Å². The van der Waals surface area contributed by atoms with E-state index in [1.165, 1.54) is 18.2 Å². The Bertz CT molecular complexity index is 515. The molecule has 0 unspecified atom stereocenters. The van der Waals surface area contributed by atoms with Gasteiger partial charge in [-0.15, -0.1) is 0 Å². The zero-order valence-corrected chi connectivity index (χ0v) is 6.93. The molecule has 5 heteroatoms. The lowest BCUT2D eigenvalue weighted by Gasteiger charge is -1.86. The molecule has 0 bridgehead atoms. The molecule has 0 aliphatic carbocycles. The predicted octanol–water partition coefficient (Wildman–Crippen LogP) is 1.34. The lowest BCUT2D eigenvalue weighted by molar-refractivity contribution is 0.0656. The van der Waals surface area contributed by atoms with E-state index in [1.54, 1.807) is 0 Å². The smallest absolute Gasteiger partial charge is 0.392 e. The van der Waals surface area contributed by atoms with Gasteiger partial charge in [0.2, 0.25) is 0 Å². The standard InChI is InChI=1S/C9H5NO4/c11-4-5-1-2-7-6(3-5)10-8(14-7)9(12)13/h1-4H,(H,12,13). The minimum Gasteiger partial charge on any atom is -0.474 e. The monoisotopic (exact) mass is 191 g/mol. The first-order valence-corrected chi connectivity index (χ1v) is 3.80. The van der Waals surface area contributed by atoms with E-state index in [-0.39, 0.29) is 5.89 Å². The van der Waals surface area contributed by atoms with Crippen molar-refractivity contribution in [3.63, 3.8) is 0 Å². The second kappa shape index (κ2) is 2.95. The van der Waals surface area contributed by atoms with Gasteiger partial charge in [0.1, 0.15) is 11.8 Å². The second-order valence-electron chi connectivity index (χ2n) is 2.67. The molecular formula is C9H5NO4. The molecule has 1 N–H and O–H groups in total. The number of rotatable bonds is 2. The molecule has 0 atom stereocenters. The third-order valence-corrected chi connectivity index (χ3v) is 1.73. The van der Waals surface area contributed by atoms with Crippen molar-refractivity contribution in [2.75, 3.05) is 0 Å². The van der Waals surface area contributed by atoms with Gasteiger partial charge >= 0.3 is 11.9 Å². The molecule has 1 heterocycles. The molecule has 70 valence electrons. The Hall–Kier alpha value is -2.17. The first-order valence-electron chi connectivity index (χ1n) is 3.80. The minimum atomic E-state index is -1.23. The summed E-state index contributed by atoms with van der Waals surface area (Å²) in [5.41, 5.74) is 1.16. The number of carbonyl (C=O) groups is 2. The summed E-state index contributed by atoms with van der Waals surface area (Å²) in [6.07, 6.45) is 0.661. The highest BCUT2D eigenvalue weighted by molar-refractivity contribution is 5.89. The van der Waals surface area contributed by atoms with Gasteiger partial charge in [0.25, 0.3) is 0 Å². The van der Waals surface area contributed by atoms with Gasteiger partial charge in [-0.25, -0.2) is 9.78 Å². The van der Waals surface area contributed by atoms with Crippen molar-refractivity contribution in [3.05, 3.63) is 29.7 Å². The van der Waals surface area contributed by atoms with Gasteiger partial charge in [-0.05, 0) is 18.2 Å². The molecule has 0 saturated carbocycles. The Kier molecular flexibility index (Phi) is 1.78. The first-order chi connectivity index (χ1) is 6.70. The Balaban J connectivity index is 2.65. The summed E-state index contributed by atoms with van der Waals surface area (Å²) >= 11 is 0. The van der Waals surface area contributed by atoms with Crippen LogP contribution in [-0.2, 0) is 0 Å². The summed E-state index contributed by atoms with van der Waals surface area (Å²) in [6.45, 7) is 0. The van der Waals surface area contributed by atoms with Crippen molar-refractivity contribution in [2.45, 2.75) is 0 Å². The van der Waals surface area contributed by atoms with E-state index in [2.05, 4.69) is 4.98 Å². The summed E-state index contributed by atoms with van der Waals surface area (Å²) in [4.78, 5) is 24.6. The minimum absolute atomic E-state index is 0.355. The van der Waals surface area contributed by atoms with Crippen molar-refractivity contribution < 1.29 is 19.1 Å². The number of aromatic carboxylic acids is 1. The number of aromatic nitrogens is 1. The molecule has 1 aromatic carbocycles. The molecule has 0 aliphatic rings. The number of carbonyl (C=O) groups excluding carboxylic acids is 1. The van der Waals surface area contributed by atoms with Crippen LogP contribution in [0.2, 0.25) is 0 Å². The summed E-state index contributed by atoms with van der Waals surface area (Å²) in [7, 11) is 0. The molecule has 0 amide bonds. The van der Waals surface area contributed by atoms with Crippen LogP contribution in [0.5, 0.6) is 0 Å². The normalized spacial score (nSPS) is 10.3. The van der Waals surface area contributed by atoms with Crippen LogP contribution < -0.4 is 0 Å². The van der Waals surface area contributed by atoms with Crippen LogP contribution in [0.4, 0.5) is 0 Å². The summed E-state index contributed by atoms with van der Waals surface area (Å²) in [6, 6.07) is 4.52. The first kappa shape index (κ1) is 8.43. The highest BCUT2D eigenvalue weighted by Crippen LogP contribution is 2.16. The Morgan fingerprint density at radius 1 is 1.50 bits per heavy atom. The van der Waals surface area contributed by atoms with Crippen molar-refractivity contribution in [1.82, 2.24) is 4.98 Å². The Labute approximate surface area is 78.0 Å². The second-order valence-corrected chi connectivity index (χ2v) is 2.67. The number of hydrogen-bond donors (Lipinski definition) is 1. The van der Waals surface area contributed by atoms with Crippen molar-refractivity contribution >= 4 is 23.4 Å². The summed E-state index contributed by atoms with van der Waals surface area (Å²) in [5.74, 6) is -1.60. The van der Waals surface area contributed by atoms with Crippen LogP contribution in [0.15, 0.2) is 22.6 Å². The van der Waals surface area contributed by atoms with E-state index in [0.29, 0.717) is 22.9 Å². The molecule has 2 rings (SSSR count). The van der Waals surface area contributed by atoms with Crippen LogP contribution in [0.1, 0.15) is 21.0 Å². The molecule has 0 aliphatic heterocycles. The average molecular weight is 191 g/mol. The highest BCUT2D eigenvalue weighted by atomic mass is 16.4. The van der Waals surface area contributed by atoms with Crippen LogP contribution in [-0.4, -0.2) is 22.3 Å². The number of fused-ring (bicyclic) bond motifs is 1. The van der Waals surface area contributed by atoms with Gasteiger partial charge in [0.15, 0.2) is 5.58 Å². The number of aldehydes is 1. The fraction of sp³-hybridized carbons (Fsp3) is 0. The van der Waals surface area contributed by atoms with Crippen molar-refractivity contribution in [1.29, 1.82) is 0 Å². The van der Waals surface area contributed by atoms with Gasteiger partial charge in [-0.2, -0.15) is 0 Å². The average Bonchev–Trinajstić information content (AvgIpc) is 2.59. The van der Waals surface area contributed by atoms with E-state index >= 15 is 0 Å². The van der Waals surface area contributed by atoms with Crippen LogP contribution in [0.25, 0.3) is 11.1 Å². The van der Waals surface area contributed by atoms with Crippen LogP contribution >= 0.6 is 0 Å². The lowest BCUT2D eigenvalue weighted by atomic mass is 10.2. The molecule has 0 saturated heterocycles. The number of carboxylic acids is 1. The summed E-state index contributed by atoms with van der Waals surface area (Å²) < 4.78 is 4.90. The van der Waals surface area contributed by atoms with E-state index in [1.807, 2.05) is 0 Å². The Morgan fingerprint density at radius 3 is 2.93 bits per heavy atom. The largest absolute Gasteiger partial charge is 0.474 e. The SMILES string of the molecule is O=Cc1ccc2oc(C(=O)O)nc2c1. The quantitative estimate of drug-likeness (QED) is 0.724. The van der Waals surface area contributed by atoms with Gasteiger partial charge in [0.05, 0.1) is 0 Å². The maximum atomic E-state index is 10.5. The molecule has 2 aromatic rings. The van der Waals surface area contributed by atoms with E-state index in [0.717, 1.165) is 0 Å². The maximum absolute atomic E-state index is 10.5. The molecule has 1 aromatic heterocycles. The fourth-order valence-corrected chi connectivity index (χ4v) is 1.11. The van der Waals surface area contributed by atoms with Gasteiger partial charge in [-0.1, -0.05) is 0 Å². The number of nitrogens with zero attached hydrogens (tertiary/aromatic N) is 1. The Morgan fingerprint density at radius 2 is 2.29 bits per heavy atom. The fourth-order valence-electron chi connectivity index (χ4n) is 1.11. The predicted molar refractivity (Wildman–Crippen MR) is 46.4 cm³/mol. The van der Waals surface area contributed by atoms with E-state index in [9.17, 15) is 9.59 Å². The lowest BCUT2D eigenvalue weighted by Crippen LogP contribution is -1.94. The molecule has 5 nitrogen and oxygen atoms in total.